The Morgan fingerprint density at radius 2 is 1.81 bits per heavy atom. The van der Waals surface area contributed by atoms with Gasteiger partial charge in [0.1, 0.15) is 11.5 Å². The molecule has 1 atom stereocenters. The first-order valence-electron chi connectivity index (χ1n) is 7.89. The van der Waals surface area contributed by atoms with Gasteiger partial charge in [0.2, 0.25) is 5.91 Å². The molecule has 1 unspecified atom stereocenters. The van der Waals surface area contributed by atoms with Crippen LogP contribution in [0.2, 0.25) is 0 Å². The summed E-state index contributed by atoms with van der Waals surface area (Å²) in [6.07, 6.45) is -3.69. The van der Waals surface area contributed by atoms with Gasteiger partial charge in [0.25, 0.3) is 0 Å². The molecule has 0 aliphatic carbocycles. The van der Waals surface area contributed by atoms with E-state index in [-0.39, 0.29) is 35.7 Å². The second-order valence-corrected chi connectivity index (χ2v) is 5.80. The van der Waals surface area contributed by atoms with E-state index in [1.165, 1.54) is 30.3 Å². The van der Waals surface area contributed by atoms with E-state index in [1.54, 1.807) is 12.1 Å². The maximum Gasteiger partial charge on any atom is 0.419 e. The topological polar surface area (TPSA) is 50.4 Å². The maximum absolute atomic E-state index is 13.0. The number of para-hydroxylation sites is 1. The lowest BCUT2D eigenvalue weighted by atomic mass is 10.1. The number of amides is 1. The lowest BCUT2D eigenvalue weighted by Gasteiger charge is -2.14. The van der Waals surface area contributed by atoms with Gasteiger partial charge < -0.3 is 15.4 Å². The number of hydrogen-bond acceptors (Lipinski definition) is 3. The zero-order valence-corrected chi connectivity index (χ0v) is 14.5. The van der Waals surface area contributed by atoms with Crippen LogP contribution in [0.25, 0.3) is 0 Å². The first-order chi connectivity index (χ1) is 11.9. The third-order valence-electron chi connectivity index (χ3n) is 3.97. The zero-order valence-electron chi connectivity index (χ0n) is 13.7. The molecular weight excluding hydrogens is 369 g/mol. The number of anilines is 1. The summed E-state index contributed by atoms with van der Waals surface area (Å²) >= 11 is 0. The van der Waals surface area contributed by atoms with Crippen LogP contribution >= 0.6 is 12.4 Å². The van der Waals surface area contributed by atoms with E-state index < -0.39 is 11.7 Å². The molecule has 0 bridgehead atoms. The van der Waals surface area contributed by atoms with E-state index in [9.17, 15) is 18.0 Å². The van der Waals surface area contributed by atoms with Crippen molar-refractivity contribution in [2.75, 3.05) is 18.4 Å². The number of benzene rings is 2. The quantitative estimate of drug-likeness (QED) is 0.815. The summed E-state index contributed by atoms with van der Waals surface area (Å²) in [5.74, 6) is -0.128. The number of alkyl halides is 3. The van der Waals surface area contributed by atoms with Gasteiger partial charge in [0.05, 0.1) is 11.5 Å². The van der Waals surface area contributed by atoms with Crippen LogP contribution in [-0.2, 0) is 11.0 Å². The number of carbonyl (C=O) groups is 1. The molecule has 0 saturated carbocycles. The number of carbonyl (C=O) groups excluding carboxylic acids is 1. The standard InChI is InChI=1S/C18H17F3N2O2.ClH/c19-18(20,21)15-3-1-2-4-16(15)25-14-7-5-13(6-8-14)23-17(24)12-9-10-22-11-12;/h1-8,12,22H,9-11H2,(H,23,24);1H. The molecule has 140 valence electrons. The van der Waals surface area contributed by atoms with Gasteiger partial charge in [-0.25, -0.2) is 0 Å². The molecule has 1 saturated heterocycles. The molecule has 0 aromatic heterocycles. The predicted molar refractivity (Wildman–Crippen MR) is 94.8 cm³/mol. The van der Waals surface area contributed by atoms with E-state index >= 15 is 0 Å². The van der Waals surface area contributed by atoms with Crippen molar-refractivity contribution in [2.24, 2.45) is 5.92 Å². The van der Waals surface area contributed by atoms with Crippen LogP contribution < -0.4 is 15.4 Å². The molecule has 4 nitrogen and oxygen atoms in total. The van der Waals surface area contributed by atoms with Crippen LogP contribution in [-0.4, -0.2) is 19.0 Å². The smallest absolute Gasteiger partial charge is 0.419 e. The molecule has 2 N–H and O–H groups in total. The highest BCUT2D eigenvalue weighted by molar-refractivity contribution is 5.92. The van der Waals surface area contributed by atoms with Crippen LogP contribution in [0.15, 0.2) is 48.5 Å². The Hall–Kier alpha value is -2.25. The first kappa shape index (κ1) is 20.1. The molecule has 1 aliphatic heterocycles. The van der Waals surface area contributed by atoms with Crippen LogP contribution in [0, 0.1) is 5.92 Å². The third kappa shape index (κ3) is 4.89. The van der Waals surface area contributed by atoms with Crippen molar-refractivity contribution in [3.05, 3.63) is 54.1 Å². The van der Waals surface area contributed by atoms with Crippen LogP contribution in [0.1, 0.15) is 12.0 Å². The average Bonchev–Trinajstić information content (AvgIpc) is 3.11. The Labute approximate surface area is 155 Å². The van der Waals surface area contributed by atoms with Gasteiger partial charge in [-0.3, -0.25) is 4.79 Å². The number of ether oxygens (including phenoxy) is 1. The van der Waals surface area contributed by atoms with E-state index in [4.69, 9.17) is 4.74 Å². The fourth-order valence-electron chi connectivity index (χ4n) is 2.65. The number of halogens is 4. The Kier molecular flexibility index (Phi) is 6.50. The molecule has 1 fully saturated rings. The summed E-state index contributed by atoms with van der Waals surface area (Å²) in [5.41, 5.74) is -0.255. The van der Waals surface area contributed by atoms with Crippen molar-refractivity contribution in [3.8, 4) is 11.5 Å². The first-order valence-corrected chi connectivity index (χ1v) is 7.89. The van der Waals surface area contributed by atoms with Gasteiger partial charge >= 0.3 is 6.18 Å². The second kappa shape index (κ2) is 8.42. The van der Waals surface area contributed by atoms with E-state index in [2.05, 4.69) is 10.6 Å². The van der Waals surface area contributed by atoms with E-state index in [1.807, 2.05) is 0 Å². The molecule has 1 amide bonds. The highest BCUT2D eigenvalue weighted by Gasteiger charge is 2.34. The lowest BCUT2D eigenvalue weighted by Crippen LogP contribution is -2.24. The van der Waals surface area contributed by atoms with Crippen LogP contribution in [0.5, 0.6) is 11.5 Å². The summed E-state index contributed by atoms with van der Waals surface area (Å²) in [4.78, 5) is 12.0. The minimum absolute atomic E-state index is 0. The van der Waals surface area contributed by atoms with Gasteiger partial charge in [0.15, 0.2) is 0 Å². The monoisotopic (exact) mass is 386 g/mol. The largest absolute Gasteiger partial charge is 0.457 e. The Bertz CT molecular complexity index is 745. The number of nitrogens with one attached hydrogen (secondary N) is 2. The molecule has 1 aliphatic rings. The highest BCUT2D eigenvalue weighted by Crippen LogP contribution is 2.37. The lowest BCUT2D eigenvalue weighted by molar-refractivity contribution is -0.138. The molecule has 1 heterocycles. The molecule has 0 radical (unpaired) electrons. The van der Waals surface area contributed by atoms with E-state index in [0.29, 0.717) is 12.2 Å². The molecule has 0 spiro atoms. The molecule has 3 rings (SSSR count). The van der Waals surface area contributed by atoms with Gasteiger partial charge in [-0.15, -0.1) is 12.4 Å². The van der Waals surface area contributed by atoms with Crippen molar-refractivity contribution in [2.45, 2.75) is 12.6 Å². The van der Waals surface area contributed by atoms with Crippen molar-refractivity contribution < 1.29 is 22.7 Å². The van der Waals surface area contributed by atoms with Gasteiger partial charge in [0, 0.05) is 12.2 Å². The number of rotatable bonds is 4. The van der Waals surface area contributed by atoms with Gasteiger partial charge in [-0.1, -0.05) is 12.1 Å². The summed E-state index contributed by atoms with van der Waals surface area (Å²) in [6.45, 7) is 1.48. The summed E-state index contributed by atoms with van der Waals surface area (Å²) in [5, 5.41) is 5.92. The summed E-state index contributed by atoms with van der Waals surface area (Å²) in [7, 11) is 0. The zero-order chi connectivity index (χ0) is 17.9. The predicted octanol–water partition coefficient (Wildman–Crippen LogP) is 4.47. The SMILES string of the molecule is Cl.O=C(Nc1ccc(Oc2ccccc2C(F)(F)F)cc1)C1CCNC1. The van der Waals surface area contributed by atoms with Crippen molar-refractivity contribution in [1.29, 1.82) is 0 Å². The highest BCUT2D eigenvalue weighted by atomic mass is 35.5. The van der Waals surface area contributed by atoms with Crippen LogP contribution in [0.4, 0.5) is 18.9 Å². The summed E-state index contributed by atoms with van der Waals surface area (Å²) < 4.78 is 44.3. The van der Waals surface area contributed by atoms with Crippen molar-refractivity contribution in [1.82, 2.24) is 5.32 Å². The Morgan fingerprint density at radius 1 is 1.12 bits per heavy atom. The second-order valence-electron chi connectivity index (χ2n) is 5.80. The number of hydrogen-bond donors (Lipinski definition) is 2. The van der Waals surface area contributed by atoms with E-state index in [0.717, 1.165) is 19.0 Å². The minimum atomic E-state index is -4.49. The van der Waals surface area contributed by atoms with Gasteiger partial charge in [-0.2, -0.15) is 13.2 Å². The molecular formula is C18H18ClF3N2O2. The minimum Gasteiger partial charge on any atom is -0.457 e. The fraction of sp³-hybridized carbons (Fsp3) is 0.278. The summed E-state index contributed by atoms with van der Waals surface area (Å²) in [6, 6.07) is 11.3. The average molecular weight is 387 g/mol. The molecule has 2 aromatic carbocycles. The van der Waals surface area contributed by atoms with Gasteiger partial charge in [-0.05, 0) is 49.4 Å². The normalized spacial score (nSPS) is 16.7. The Morgan fingerprint density at radius 3 is 2.42 bits per heavy atom. The van der Waals surface area contributed by atoms with Crippen molar-refractivity contribution in [3.63, 3.8) is 0 Å². The fourth-order valence-corrected chi connectivity index (χ4v) is 2.65. The molecule has 8 heteroatoms. The maximum atomic E-state index is 13.0. The van der Waals surface area contributed by atoms with Crippen molar-refractivity contribution >= 4 is 24.0 Å². The van der Waals surface area contributed by atoms with Crippen LogP contribution in [0.3, 0.4) is 0 Å². The molecule has 2 aromatic rings. The Balaban J connectivity index is 0.00000243. The molecule has 26 heavy (non-hydrogen) atoms. The third-order valence-corrected chi connectivity index (χ3v) is 3.97.